The van der Waals surface area contributed by atoms with Crippen LogP contribution in [0.4, 0.5) is 0 Å². The van der Waals surface area contributed by atoms with Gasteiger partial charge >= 0.3 is 0 Å². The zero-order valence-electron chi connectivity index (χ0n) is 9.80. The average molecular weight is 306 g/mol. The zero-order chi connectivity index (χ0) is 12.0. The van der Waals surface area contributed by atoms with Crippen LogP contribution in [0.1, 0.15) is 44.1 Å². The van der Waals surface area contributed by atoms with Gasteiger partial charge in [-0.05, 0) is 46.5 Å². The number of halogens is 2. The molecular weight excluding hydrogens is 287 g/mol. The Morgan fingerprint density at radius 1 is 1.31 bits per heavy atom. The summed E-state index contributed by atoms with van der Waals surface area (Å²) < 4.78 is 6.58. The first-order chi connectivity index (χ1) is 7.69. The van der Waals surface area contributed by atoms with Crippen molar-refractivity contribution in [2.75, 3.05) is 6.61 Å². The molecule has 0 aromatic heterocycles. The third-order valence-corrected chi connectivity index (χ3v) is 3.41. The molecule has 1 aromatic carbocycles. The minimum atomic E-state index is 0.0986. The fourth-order valence-corrected chi connectivity index (χ4v) is 2.33. The molecule has 0 aliphatic carbocycles. The maximum absolute atomic E-state index is 6.27. The van der Waals surface area contributed by atoms with E-state index in [1.165, 1.54) is 0 Å². The molecule has 0 heterocycles. The summed E-state index contributed by atoms with van der Waals surface area (Å²) in [5.74, 6) is 0.894. The topological polar surface area (TPSA) is 9.23 Å². The summed E-state index contributed by atoms with van der Waals surface area (Å²) in [6, 6.07) is 6.08. The van der Waals surface area contributed by atoms with Crippen LogP contribution in [0, 0.1) is 0 Å². The number of rotatable bonds is 6. The van der Waals surface area contributed by atoms with E-state index in [2.05, 4.69) is 35.8 Å². The first kappa shape index (κ1) is 13.9. The van der Waals surface area contributed by atoms with Crippen molar-refractivity contribution < 1.29 is 4.74 Å². The molecule has 0 saturated heterocycles. The summed E-state index contributed by atoms with van der Waals surface area (Å²) in [5, 5.41) is 0.0986. The van der Waals surface area contributed by atoms with Crippen molar-refractivity contribution in [3.05, 3.63) is 28.2 Å². The second-order valence-electron chi connectivity index (χ2n) is 3.79. The molecule has 0 N–H and O–H groups in total. The third-order valence-electron chi connectivity index (χ3n) is 2.32. The first-order valence-electron chi connectivity index (χ1n) is 5.75. The largest absolute Gasteiger partial charge is 0.492 e. The van der Waals surface area contributed by atoms with Crippen LogP contribution in [0.5, 0.6) is 5.75 Å². The Labute approximate surface area is 111 Å². The lowest BCUT2D eigenvalue weighted by molar-refractivity contribution is 0.315. The maximum Gasteiger partial charge on any atom is 0.133 e. The van der Waals surface area contributed by atoms with Gasteiger partial charge in [-0.15, -0.1) is 11.6 Å². The van der Waals surface area contributed by atoms with Crippen molar-refractivity contribution in [2.24, 2.45) is 0 Å². The SMILES string of the molecule is CCCOc1ccc(C(Cl)CCC)cc1Br. The van der Waals surface area contributed by atoms with Gasteiger partial charge in [0.1, 0.15) is 5.75 Å². The van der Waals surface area contributed by atoms with Crippen molar-refractivity contribution in [1.29, 1.82) is 0 Å². The Kier molecular flexibility index (Phi) is 6.22. The molecule has 1 rings (SSSR count). The van der Waals surface area contributed by atoms with E-state index in [0.717, 1.165) is 41.7 Å². The molecule has 0 bridgehead atoms. The summed E-state index contributed by atoms with van der Waals surface area (Å²) in [7, 11) is 0. The molecule has 16 heavy (non-hydrogen) atoms. The van der Waals surface area contributed by atoms with Gasteiger partial charge < -0.3 is 4.74 Å². The highest BCUT2D eigenvalue weighted by atomic mass is 79.9. The summed E-state index contributed by atoms with van der Waals surface area (Å²) in [6.07, 6.45) is 3.12. The van der Waals surface area contributed by atoms with Gasteiger partial charge in [0.05, 0.1) is 16.5 Å². The van der Waals surface area contributed by atoms with Crippen molar-refractivity contribution >= 4 is 27.5 Å². The Bertz CT molecular complexity index is 328. The van der Waals surface area contributed by atoms with Crippen LogP contribution in [0.3, 0.4) is 0 Å². The number of benzene rings is 1. The Morgan fingerprint density at radius 3 is 2.62 bits per heavy atom. The van der Waals surface area contributed by atoms with Crippen LogP contribution < -0.4 is 4.74 Å². The van der Waals surface area contributed by atoms with Gasteiger partial charge in [-0.1, -0.05) is 26.3 Å². The predicted molar refractivity (Wildman–Crippen MR) is 73.4 cm³/mol. The second kappa shape index (κ2) is 7.18. The van der Waals surface area contributed by atoms with E-state index in [1.807, 2.05) is 12.1 Å². The van der Waals surface area contributed by atoms with E-state index >= 15 is 0 Å². The quantitative estimate of drug-likeness (QED) is 0.646. The molecule has 1 unspecified atom stereocenters. The van der Waals surface area contributed by atoms with E-state index in [1.54, 1.807) is 0 Å². The summed E-state index contributed by atoms with van der Waals surface area (Å²) in [6.45, 7) is 4.98. The van der Waals surface area contributed by atoms with Gasteiger partial charge in [0.25, 0.3) is 0 Å². The Morgan fingerprint density at radius 2 is 2.06 bits per heavy atom. The monoisotopic (exact) mass is 304 g/mol. The molecule has 0 spiro atoms. The van der Waals surface area contributed by atoms with Crippen LogP contribution in [0.25, 0.3) is 0 Å². The summed E-state index contributed by atoms with van der Waals surface area (Å²) in [4.78, 5) is 0. The second-order valence-corrected chi connectivity index (χ2v) is 5.18. The molecule has 0 radical (unpaired) electrons. The normalized spacial score (nSPS) is 12.5. The van der Waals surface area contributed by atoms with Gasteiger partial charge in [0, 0.05) is 0 Å². The van der Waals surface area contributed by atoms with Gasteiger partial charge in [-0.2, -0.15) is 0 Å². The molecule has 3 heteroatoms. The molecular formula is C13H18BrClO. The molecule has 90 valence electrons. The number of alkyl halides is 1. The van der Waals surface area contributed by atoms with Crippen LogP contribution in [-0.2, 0) is 0 Å². The lowest BCUT2D eigenvalue weighted by Crippen LogP contribution is -1.97. The van der Waals surface area contributed by atoms with Crippen LogP contribution in [0.15, 0.2) is 22.7 Å². The molecule has 0 saturated carbocycles. The van der Waals surface area contributed by atoms with Crippen molar-refractivity contribution in [3.63, 3.8) is 0 Å². The number of hydrogen-bond acceptors (Lipinski definition) is 1. The smallest absolute Gasteiger partial charge is 0.133 e. The standard InChI is InChI=1S/C13H18BrClO/c1-3-5-12(15)10-6-7-13(11(14)9-10)16-8-4-2/h6-7,9,12H,3-5,8H2,1-2H3. The van der Waals surface area contributed by atoms with Crippen LogP contribution >= 0.6 is 27.5 Å². The first-order valence-corrected chi connectivity index (χ1v) is 6.98. The minimum absolute atomic E-state index is 0.0986. The number of hydrogen-bond donors (Lipinski definition) is 0. The molecule has 0 aliphatic rings. The van der Waals surface area contributed by atoms with Crippen molar-refractivity contribution in [2.45, 2.75) is 38.5 Å². The predicted octanol–water partition coefficient (Wildman–Crippen LogP) is 5.32. The fraction of sp³-hybridized carbons (Fsp3) is 0.538. The molecule has 0 amide bonds. The summed E-state index contributed by atoms with van der Waals surface area (Å²) >= 11 is 9.79. The van der Waals surface area contributed by atoms with Crippen molar-refractivity contribution in [3.8, 4) is 5.75 Å². The lowest BCUT2D eigenvalue weighted by atomic mass is 10.1. The molecule has 0 fully saturated rings. The van der Waals surface area contributed by atoms with E-state index in [4.69, 9.17) is 16.3 Å². The molecule has 1 nitrogen and oxygen atoms in total. The maximum atomic E-state index is 6.27. The highest BCUT2D eigenvalue weighted by Crippen LogP contribution is 2.32. The Hall–Kier alpha value is -0.210. The third kappa shape index (κ3) is 3.99. The van der Waals surface area contributed by atoms with Gasteiger partial charge in [0.15, 0.2) is 0 Å². The van der Waals surface area contributed by atoms with E-state index < -0.39 is 0 Å². The van der Waals surface area contributed by atoms with Gasteiger partial charge in [0.2, 0.25) is 0 Å². The highest BCUT2D eigenvalue weighted by Gasteiger charge is 2.09. The minimum Gasteiger partial charge on any atom is -0.492 e. The van der Waals surface area contributed by atoms with Crippen LogP contribution in [-0.4, -0.2) is 6.61 Å². The molecule has 1 atom stereocenters. The van der Waals surface area contributed by atoms with Crippen molar-refractivity contribution in [1.82, 2.24) is 0 Å². The zero-order valence-corrected chi connectivity index (χ0v) is 12.1. The van der Waals surface area contributed by atoms with E-state index in [0.29, 0.717) is 0 Å². The molecule has 0 aliphatic heterocycles. The van der Waals surface area contributed by atoms with E-state index in [9.17, 15) is 0 Å². The summed E-state index contributed by atoms with van der Waals surface area (Å²) in [5.41, 5.74) is 1.15. The fourth-order valence-electron chi connectivity index (χ4n) is 1.46. The number of ether oxygens (including phenoxy) is 1. The van der Waals surface area contributed by atoms with Gasteiger partial charge in [-0.3, -0.25) is 0 Å². The van der Waals surface area contributed by atoms with Gasteiger partial charge in [-0.25, -0.2) is 0 Å². The van der Waals surface area contributed by atoms with Crippen LogP contribution in [0.2, 0.25) is 0 Å². The average Bonchev–Trinajstić information content (AvgIpc) is 2.27. The lowest BCUT2D eigenvalue weighted by Gasteiger charge is -2.12. The Balaban J connectivity index is 2.73. The highest BCUT2D eigenvalue weighted by molar-refractivity contribution is 9.10. The molecule has 1 aromatic rings. The van der Waals surface area contributed by atoms with E-state index in [-0.39, 0.29) is 5.38 Å².